The number of imide groups is 1. The van der Waals surface area contributed by atoms with Gasteiger partial charge in [0.25, 0.3) is 0 Å². The van der Waals surface area contributed by atoms with Gasteiger partial charge in [0.15, 0.2) is 0 Å². The molecular formula is C19H22FN3O3. The van der Waals surface area contributed by atoms with E-state index in [4.69, 9.17) is 4.74 Å². The highest BCUT2D eigenvalue weighted by Crippen LogP contribution is 2.14. The number of likely N-dealkylation sites (N-methyl/N-ethyl adjacent to an activating group) is 1. The lowest BCUT2D eigenvalue weighted by atomic mass is 10.2. The maximum Gasteiger partial charge on any atom is 0.325 e. The molecule has 26 heavy (non-hydrogen) atoms. The first-order valence-corrected chi connectivity index (χ1v) is 8.22. The molecule has 0 aliphatic carbocycles. The second-order valence-corrected chi connectivity index (χ2v) is 5.66. The molecule has 6 nitrogen and oxygen atoms in total. The van der Waals surface area contributed by atoms with Gasteiger partial charge in [0.2, 0.25) is 5.91 Å². The summed E-state index contributed by atoms with van der Waals surface area (Å²) in [7, 11) is 1.55. The second kappa shape index (κ2) is 9.53. The summed E-state index contributed by atoms with van der Waals surface area (Å²) < 4.78 is 18.3. The van der Waals surface area contributed by atoms with Gasteiger partial charge in [0.1, 0.15) is 11.6 Å². The van der Waals surface area contributed by atoms with Crippen LogP contribution in [0.15, 0.2) is 48.5 Å². The first kappa shape index (κ1) is 19.4. The molecule has 2 aromatic carbocycles. The molecule has 0 aliphatic heterocycles. The summed E-state index contributed by atoms with van der Waals surface area (Å²) in [4.78, 5) is 25.8. The van der Waals surface area contributed by atoms with Crippen molar-refractivity contribution in [3.63, 3.8) is 0 Å². The van der Waals surface area contributed by atoms with Crippen molar-refractivity contribution in [2.75, 3.05) is 25.5 Å². The first-order valence-electron chi connectivity index (χ1n) is 8.22. The van der Waals surface area contributed by atoms with Crippen LogP contribution in [0.3, 0.4) is 0 Å². The monoisotopic (exact) mass is 359 g/mol. The lowest BCUT2D eigenvalue weighted by Gasteiger charge is -2.19. The third-order valence-electron chi connectivity index (χ3n) is 3.71. The molecule has 0 radical (unpaired) electrons. The average molecular weight is 359 g/mol. The minimum atomic E-state index is -0.609. The summed E-state index contributed by atoms with van der Waals surface area (Å²) in [6.45, 7) is 2.93. The van der Waals surface area contributed by atoms with Crippen LogP contribution in [0.4, 0.5) is 14.9 Å². The molecule has 7 heteroatoms. The molecule has 2 aromatic rings. The van der Waals surface area contributed by atoms with Crippen LogP contribution in [0.1, 0.15) is 12.5 Å². The van der Waals surface area contributed by atoms with Crippen molar-refractivity contribution in [2.45, 2.75) is 13.5 Å². The highest BCUT2D eigenvalue weighted by Gasteiger charge is 2.13. The molecule has 0 spiro atoms. The van der Waals surface area contributed by atoms with E-state index in [1.165, 1.54) is 12.1 Å². The van der Waals surface area contributed by atoms with E-state index in [1.807, 2.05) is 11.8 Å². The molecule has 0 atom stereocenters. The molecule has 0 aromatic heterocycles. The Morgan fingerprint density at radius 3 is 2.50 bits per heavy atom. The van der Waals surface area contributed by atoms with Gasteiger partial charge in [-0.05, 0) is 48.5 Å². The summed E-state index contributed by atoms with van der Waals surface area (Å²) in [5.41, 5.74) is 1.31. The molecule has 2 N–H and O–H groups in total. The van der Waals surface area contributed by atoms with Gasteiger partial charge in [-0.3, -0.25) is 15.0 Å². The van der Waals surface area contributed by atoms with Crippen molar-refractivity contribution in [1.29, 1.82) is 0 Å². The third-order valence-corrected chi connectivity index (χ3v) is 3.71. The van der Waals surface area contributed by atoms with Crippen LogP contribution in [-0.4, -0.2) is 37.0 Å². The number of nitrogens with one attached hydrogen (secondary N) is 2. The number of ether oxygens (including phenoxy) is 1. The molecule has 2 rings (SSSR count). The molecule has 0 aliphatic rings. The molecule has 0 bridgehead atoms. The Bertz CT molecular complexity index is 750. The number of hydrogen-bond acceptors (Lipinski definition) is 4. The minimum absolute atomic E-state index is 0.0308. The maximum absolute atomic E-state index is 13.3. The van der Waals surface area contributed by atoms with E-state index >= 15 is 0 Å². The fourth-order valence-corrected chi connectivity index (χ4v) is 2.38. The van der Waals surface area contributed by atoms with Crippen molar-refractivity contribution in [1.82, 2.24) is 10.2 Å². The highest BCUT2D eigenvalue weighted by molar-refractivity contribution is 6.01. The van der Waals surface area contributed by atoms with Gasteiger partial charge >= 0.3 is 6.03 Å². The summed E-state index contributed by atoms with van der Waals surface area (Å²) in [5.74, 6) is -0.0842. The van der Waals surface area contributed by atoms with Gasteiger partial charge < -0.3 is 10.1 Å². The Labute approximate surface area is 152 Å². The number of nitrogens with zero attached hydrogens (tertiary/aromatic N) is 1. The Kier molecular flexibility index (Phi) is 7.11. The van der Waals surface area contributed by atoms with Crippen molar-refractivity contribution in [3.05, 3.63) is 59.9 Å². The number of methoxy groups -OCH3 is 1. The van der Waals surface area contributed by atoms with Crippen LogP contribution < -0.4 is 15.4 Å². The van der Waals surface area contributed by atoms with Gasteiger partial charge in [-0.2, -0.15) is 0 Å². The summed E-state index contributed by atoms with van der Waals surface area (Å²) in [5, 5.41) is 4.86. The Morgan fingerprint density at radius 2 is 1.88 bits per heavy atom. The Morgan fingerprint density at radius 1 is 1.15 bits per heavy atom. The number of anilines is 1. The zero-order valence-electron chi connectivity index (χ0n) is 14.8. The maximum atomic E-state index is 13.3. The number of hydrogen-bond donors (Lipinski definition) is 2. The lowest BCUT2D eigenvalue weighted by molar-refractivity contribution is -0.121. The number of amides is 3. The predicted molar refractivity (Wildman–Crippen MR) is 97.5 cm³/mol. The van der Waals surface area contributed by atoms with Crippen LogP contribution in [0.25, 0.3) is 0 Å². The van der Waals surface area contributed by atoms with Crippen LogP contribution >= 0.6 is 0 Å². The number of carbonyl (C=O) groups is 2. The quantitative estimate of drug-likeness (QED) is 0.797. The van der Waals surface area contributed by atoms with Crippen molar-refractivity contribution < 1.29 is 18.7 Å². The average Bonchev–Trinajstić information content (AvgIpc) is 2.61. The predicted octanol–water partition coefficient (Wildman–Crippen LogP) is 3.00. The number of halogens is 1. The standard InChI is InChI=1S/C19H22FN3O3/c1-3-23(12-14-5-4-6-15(20)11-14)13-18(24)22-19(25)21-16-7-9-17(26-2)10-8-16/h4-11H,3,12-13H2,1-2H3,(H2,21,22,24,25). The van der Waals surface area contributed by atoms with Crippen LogP contribution in [0, 0.1) is 5.82 Å². The van der Waals surface area contributed by atoms with E-state index in [0.29, 0.717) is 24.5 Å². The molecule has 3 amide bonds. The van der Waals surface area contributed by atoms with Crippen molar-refractivity contribution >= 4 is 17.6 Å². The number of benzene rings is 2. The Balaban J connectivity index is 1.84. The second-order valence-electron chi connectivity index (χ2n) is 5.66. The van der Waals surface area contributed by atoms with Gasteiger partial charge in [0.05, 0.1) is 13.7 Å². The number of rotatable bonds is 7. The van der Waals surface area contributed by atoms with E-state index in [-0.39, 0.29) is 12.4 Å². The van der Waals surface area contributed by atoms with Crippen LogP contribution in [0.5, 0.6) is 5.75 Å². The third kappa shape index (κ3) is 6.18. The zero-order chi connectivity index (χ0) is 18.9. The van der Waals surface area contributed by atoms with Crippen molar-refractivity contribution in [2.24, 2.45) is 0 Å². The first-order chi connectivity index (χ1) is 12.5. The molecule has 0 saturated carbocycles. The summed E-state index contributed by atoms with van der Waals surface area (Å²) in [6.07, 6.45) is 0. The van der Waals surface area contributed by atoms with Gasteiger partial charge in [-0.1, -0.05) is 19.1 Å². The molecular weight excluding hydrogens is 337 g/mol. The SMILES string of the molecule is CCN(CC(=O)NC(=O)Nc1ccc(OC)cc1)Cc1cccc(F)c1. The smallest absolute Gasteiger partial charge is 0.325 e. The van der Waals surface area contributed by atoms with E-state index in [1.54, 1.807) is 43.5 Å². The van der Waals surface area contributed by atoms with Gasteiger partial charge in [0, 0.05) is 12.2 Å². The number of urea groups is 1. The van der Waals surface area contributed by atoms with Gasteiger partial charge in [-0.15, -0.1) is 0 Å². The van der Waals surface area contributed by atoms with Crippen LogP contribution in [-0.2, 0) is 11.3 Å². The van der Waals surface area contributed by atoms with E-state index in [9.17, 15) is 14.0 Å². The fraction of sp³-hybridized carbons (Fsp3) is 0.263. The van der Waals surface area contributed by atoms with Gasteiger partial charge in [-0.25, -0.2) is 9.18 Å². The normalized spacial score (nSPS) is 10.5. The lowest BCUT2D eigenvalue weighted by Crippen LogP contribution is -2.41. The fourth-order valence-electron chi connectivity index (χ4n) is 2.38. The zero-order valence-corrected chi connectivity index (χ0v) is 14.8. The minimum Gasteiger partial charge on any atom is -0.497 e. The summed E-state index contributed by atoms with van der Waals surface area (Å²) >= 11 is 0. The van der Waals surface area contributed by atoms with E-state index in [2.05, 4.69) is 10.6 Å². The van der Waals surface area contributed by atoms with Crippen molar-refractivity contribution in [3.8, 4) is 5.75 Å². The molecule has 138 valence electrons. The van der Waals surface area contributed by atoms with E-state index < -0.39 is 11.9 Å². The number of carbonyl (C=O) groups excluding carboxylic acids is 2. The Hall–Kier alpha value is -2.93. The van der Waals surface area contributed by atoms with Crippen LogP contribution in [0.2, 0.25) is 0 Å². The molecule has 0 unspecified atom stereocenters. The largest absolute Gasteiger partial charge is 0.497 e. The molecule has 0 heterocycles. The van der Waals surface area contributed by atoms with E-state index in [0.717, 1.165) is 5.56 Å². The summed E-state index contributed by atoms with van der Waals surface area (Å²) in [6, 6.07) is 12.4. The highest BCUT2D eigenvalue weighted by atomic mass is 19.1. The molecule has 0 fully saturated rings. The molecule has 0 saturated heterocycles. The topological polar surface area (TPSA) is 70.7 Å².